The van der Waals surface area contributed by atoms with Crippen LogP contribution in [-0.2, 0) is 16.0 Å². The van der Waals surface area contributed by atoms with E-state index in [2.05, 4.69) is 44.9 Å². The molecule has 3 heterocycles. The molecular formula is C22H28ClN6O2PSi. The molecule has 4 aromatic rings. The first-order chi connectivity index (χ1) is 15.5. The van der Waals surface area contributed by atoms with E-state index in [9.17, 15) is 4.57 Å². The quantitative estimate of drug-likeness (QED) is 0.150. The summed E-state index contributed by atoms with van der Waals surface area (Å²) in [5.74, 6) is 0.531. The second kappa shape index (κ2) is 9.14. The Morgan fingerprint density at radius 2 is 1.88 bits per heavy atom. The van der Waals surface area contributed by atoms with E-state index < -0.39 is 15.2 Å². The number of benzene rings is 1. The third-order valence-electron chi connectivity index (χ3n) is 5.22. The molecule has 1 aromatic carbocycles. The summed E-state index contributed by atoms with van der Waals surface area (Å²) in [4.78, 5) is 17.6. The number of rotatable bonds is 8. The Morgan fingerprint density at radius 3 is 2.61 bits per heavy atom. The van der Waals surface area contributed by atoms with Crippen LogP contribution in [-0.4, -0.2) is 52.5 Å². The summed E-state index contributed by atoms with van der Waals surface area (Å²) in [5.41, 5.74) is 2.63. The third kappa shape index (κ3) is 5.43. The van der Waals surface area contributed by atoms with E-state index in [0.29, 0.717) is 46.8 Å². The summed E-state index contributed by atoms with van der Waals surface area (Å²) in [6.07, 6.45) is 5.14. The fourth-order valence-corrected chi connectivity index (χ4v) is 5.89. The van der Waals surface area contributed by atoms with Crippen LogP contribution in [0.1, 0.15) is 0 Å². The molecular weight excluding hydrogens is 475 g/mol. The monoisotopic (exact) mass is 502 g/mol. The normalized spacial score (nSPS) is 12.5. The van der Waals surface area contributed by atoms with E-state index in [1.165, 1.54) is 0 Å². The van der Waals surface area contributed by atoms with Crippen LogP contribution in [0.5, 0.6) is 0 Å². The van der Waals surface area contributed by atoms with Gasteiger partial charge in [0.15, 0.2) is 0 Å². The number of aromatic nitrogens is 5. The number of nitrogens with zero attached hydrogens (tertiary/aromatic N) is 5. The molecule has 4 rings (SSSR count). The Bertz CT molecular complexity index is 1360. The average Bonchev–Trinajstić information content (AvgIpc) is 3.12. The van der Waals surface area contributed by atoms with Crippen molar-refractivity contribution in [3.8, 4) is 0 Å². The first-order valence-electron chi connectivity index (χ1n) is 10.7. The van der Waals surface area contributed by atoms with Gasteiger partial charge in [-0.25, -0.2) is 0 Å². The molecule has 33 heavy (non-hydrogen) atoms. The van der Waals surface area contributed by atoms with E-state index in [1.54, 1.807) is 25.7 Å². The first kappa shape index (κ1) is 23.8. The van der Waals surface area contributed by atoms with Crippen LogP contribution in [0, 0.1) is 0 Å². The van der Waals surface area contributed by atoms with Crippen molar-refractivity contribution in [2.75, 3.05) is 25.3 Å². The summed E-state index contributed by atoms with van der Waals surface area (Å²) in [7, 11) is -3.86. The van der Waals surface area contributed by atoms with Gasteiger partial charge < -0.3 is 19.2 Å². The Morgan fingerprint density at radius 1 is 1.12 bits per heavy atom. The van der Waals surface area contributed by atoms with Crippen molar-refractivity contribution in [3.63, 3.8) is 0 Å². The van der Waals surface area contributed by atoms with Crippen LogP contribution >= 0.6 is 18.7 Å². The van der Waals surface area contributed by atoms with Gasteiger partial charge in [-0.15, -0.1) is 0 Å². The first-order valence-corrected chi connectivity index (χ1v) is 17.4. The van der Waals surface area contributed by atoms with Gasteiger partial charge in [-0.3, -0.25) is 9.97 Å². The molecule has 0 unspecified atom stereocenters. The highest BCUT2D eigenvalue weighted by molar-refractivity contribution is 7.71. The van der Waals surface area contributed by atoms with Crippen molar-refractivity contribution in [2.24, 2.45) is 0 Å². The van der Waals surface area contributed by atoms with Gasteiger partial charge in [-0.05, 0) is 49.2 Å². The zero-order valence-electron chi connectivity index (χ0n) is 19.5. The maximum atomic E-state index is 13.2. The molecule has 174 valence electrons. The smallest absolute Gasteiger partial charge is 0.226 e. The lowest BCUT2D eigenvalue weighted by Gasteiger charge is -2.17. The molecule has 0 radical (unpaired) electrons. The summed E-state index contributed by atoms with van der Waals surface area (Å²) < 4.78 is 21.0. The van der Waals surface area contributed by atoms with E-state index in [1.807, 2.05) is 29.0 Å². The second-order valence-electron chi connectivity index (χ2n) is 9.57. The van der Waals surface area contributed by atoms with Crippen molar-refractivity contribution >= 4 is 65.7 Å². The highest BCUT2D eigenvalue weighted by atomic mass is 35.5. The molecule has 0 atom stereocenters. The van der Waals surface area contributed by atoms with Gasteiger partial charge in [0.25, 0.3) is 0 Å². The van der Waals surface area contributed by atoms with Crippen molar-refractivity contribution < 1.29 is 9.30 Å². The molecule has 3 aromatic heterocycles. The highest BCUT2D eigenvalue weighted by Gasteiger charge is 2.23. The van der Waals surface area contributed by atoms with Crippen LogP contribution in [0.25, 0.3) is 22.1 Å². The number of nitrogens with one attached hydrogen (secondary N) is 1. The van der Waals surface area contributed by atoms with Crippen molar-refractivity contribution in [1.82, 2.24) is 24.5 Å². The number of halogens is 1. The van der Waals surface area contributed by atoms with Crippen LogP contribution < -0.4 is 10.6 Å². The van der Waals surface area contributed by atoms with Crippen LogP contribution in [0.4, 0.5) is 11.5 Å². The number of hydrogen-bond donors (Lipinski definition) is 1. The van der Waals surface area contributed by atoms with Crippen LogP contribution in [0.3, 0.4) is 0 Å². The molecule has 8 nitrogen and oxygen atoms in total. The summed E-state index contributed by atoms with van der Waals surface area (Å²) in [6.45, 7) is 11.5. The van der Waals surface area contributed by atoms with Crippen LogP contribution in [0.2, 0.25) is 31.0 Å². The van der Waals surface area contributed by atoms with Crippen molar-refractivity contribution in [2.45, 2.75) is 32.4 Å². The maximum Gasteiger partial charge on any atom is 0.226 e. The van der Waals surface area contributed by atoms with Gasteiger partial charge in [-0.2, -0.15) is 9.97 Å². The van der Waals surface area contributed by atoms with E-state index >= 15 is 0 Å². The second-order valence-corrected chi connectivity index (χ2v) is 18.7. The fourth-order valence-electron chi connectivity index (χ4n) is 3.57. The number of hydrogen-bond acceptors (Lipinski definition) is 7. The lowest BCUT2D eigenvalue weighted by molar-refractivity contribution is 0.0899. The molecule has 0 bridgehead atoms. The third-order valence-corrected chi connectivity index (χ3v) is 8.63. The van der Waals surface area contributed by atoms with Gasteiger partial charge in [0.1, 0.15) is 30.9 Å². The SMILES string of the molecule is C[Si](C)(C)CCOCn1ccc2c(Nc3ccc4nccnc4c3P(C)(C)=O)nc(Cl)nc21. The molecule has 1 N–H and O–H groups in total. The van der Waals surface area contributed by atoms with Crippen LogP contribution in [0.15, 0.2) is 36.8 Å². The van der Waals surface area contributed by atoms with E-state index in [-0.39, 0.29) is 5.28 Å². The number of ether oxygens (including phenoxy) is 1. The molecule has 0 saturated carbocycles. The zero-order chi connectivity index (χ0) is 23.8. The van der Waals surface area contributed by atoms with Gasteiger partial charge >= 0.3 is 0 Å². The van der Waals surface area contributed by atoms with Gasteiger partial charge in [0.2, 0.25) is 5.28 Å². The highest BCUT2D eigenvalue weighted by Crippen LogP contribution is 2.41. The topological polar surface area (TPSA) is 94.8 Å². The molecule has 0 fully saturated rings. The summed E-state index contributed by atoms with van der Waals surface area (Å²) in [5, 5.41) is 4.87. The van der Waals surface area contributed by atoms with E-state index in [0.717, 1.165) is 11.4 Å². The predicted molar refractivity (Wildman–Crippen MR) is 139 cm³/mol. The molecule has 0 amide bonds. The van der Waals surface area contributed by atoms with Gasteiger partial charge in [0.05, 0.1) is 21.9 Å². The predicted octanol–water partition coefficient (Wildman–Crippen LogP) is 5.33. The van der Waals surface area contributed by atoms with Crippen molar-refractivity contribution in [3.05, 3.63) is 42.1 Å². The fraction of sp³-hybridized carbons (Fsp3) is 0.364. The number of fused-ring (bicyclic) bond motifs is 2. The van der Waals surface area contributed by atoms with Crippen molar-refractivity contribution in [1.29, 1.82) is 0 Å². The molecule has 0 aliphatic heterocycles. The summed E-state index contributed by atoms with van der Waals surface area (Å²) in [6, 6.07) is 6.72. The summed E-state index contributed by atoms with van der Waals surface area (Å²) >= 11 is 6.28. The Kier molecular flexibility index (Phi) is 6.60. The minimum Gasteiger partial charge on any atom is -0.361 e. The molecule has 0 aliphatic carbocycles. The Labute approximate surface area is 199 Å². The zero-order valence-corrected chi connectivity index (χ0v) is 22.1. The molecule has 0 spiro atoms. The van der Waals surface area contributed by atoms with E-state index in [4.69, 9.17) is 16.3 Å². The minimum absolute atomic E-state index is 0.116. The molecule has 0 saturated heterocycles. The standard InChI is InChI=1S/C22H28ClN6O2PSi/c1-32(2,30)19-17(7-6-16-18(19)25-10-9-24-16)26-20-15-8-11-29(21(15)28-22(23)27-20)14-31-12-13-33(3,4)5/h6-11H,12-14H2,1-5H3,(H,26,27,28). The van der Waals surface area contributed by atoms with Gasteiger partial charge in [0, 0.05) is 33.3 Å². The maximum absolute atomic E-state index is 13.2. The van der Waals surface area contributed by atoms with Gasteiger partial charge in [-0.1, -0.05) is 19.6 Å². The number of anilines is 2. The minimum atomic E-state index is -2.70. The average molecular weight is 503 g/mol. The Hall–Kier alpha value is -2.32. The lowest BCUT2D eigenvalue weighted by Crippen LogP contribution is -2.22. The Balaban J connectivity index is 1.70. The lowest BCUT2D eigenvalue weighted by atomic mass is 10.2. The molecule has 0 aliphatic rings. The molecule has 11 heteroatoms. The largest absolute Gasteiger partial charge is 0.361 e.